The standard InChI is InChI=1S/C16H25NO5/c1-11(9-17)7-12-3-5-14-16(10-18,22-12)8-13(21-14)4-6-15(19)20-2/h11-14,18H,3-8,10H2,1-2H3/t11-,12?,13?,14+,16?/m1/s1. The van der Waals surface area contributed by atoms with Crippen molar-refractivity contribution < 1.29 is 24.1 Å². The van der Waals surface area contributed by atoms with Crippen molar-refractivity contribution in [3.63, 3.8) is 0 Å². The normalized spacial score (nSPS) is 35.5. The van der Waals surface area contributed by atoms with Gasteiger partial charge in [0.05, 0.1) is 38.1 Å². The molecule has 2 aliphatic rings. The van der Waals surface area contributed by atoms with Gasteiger partial charge in [0.25, 0.3) is 0 Å². The molecule has 0 radical (unpaired) electrons. The zero-order chi connectivity index (χ0) is 16.2. The topological polar surface area (TPSA) is 88.8 Å². The van der Waals surface area contributed by atoms with Gasteiger partial charge in [-0.1, -0.05) is 0 Å². The van der Waals surface area contributed by atoms with E-state index in [-0.39, 0.29) is 36.8 Å². The van der Waals surface area contributed by atoms with Crippen LogP contribution < -0.4 is 0 Å². The number of nitriles is 1. The zero-order valence-electron chi connectivity index (χ0n) is 13.3. The SMILES string of the molecule is COC(=O)CCC1CC2(CO)OC(C[C@@H](C)C#N)CC[C@@H]2O1. The molecule has 6 heteroatoms. The second kappa shape index (κ2) is 7.40. The Hall–Kier alpha value is -1.16. The van der Waals surface area contributed by atoms with E-state index in [2.05, 4.69) is 10.8 Å². The molecule has 124 valence electrons. The predicted octanol–water partition coefficient (Wildman–Crippen LogP) is 1.56. The van der Waals surface area contributed by atoms with Gasteiger partial charge in [0.1, 0.15) is 5.60 Å². The van der Waals surface area contributed by atoms with E-state index in [0.29, 0.717) is 25.7 Å². The van der Waals surface area contributed by atoms with Crippen LogP contribution in [0.5, 0.6) is 0 Å². The number of esters is 1. The lowest BCUT2D eigenvalue weighted by Gasteiger charge is -2.41. The molecule has 0 bridgehead atoms. The Bertz CT molecular complexity index is 435. The van der Waals surface area contributed by atoms with Crippen LogP contribution >= 0.6 is 0 Å². The molecular formula is C16H25NO5. The van der Waals surface area contributed by atoms with E-state index in [1.165, 1.54) is 7.11 Å². The maximum atomic E-state index is 11.2. The first kappa shape index (κ1) is 17.2. The van der Waals surface area contributed by atoms with Crippen LogP contribution in [0, 0.1) is 17.2 Å². The Morgan fingerprint density at radius 2 is 2.27 bits per heavy atom. The molecule has 2 rings (SSSR count). The highest BCUT2D eigenvalue weighted by molar-refractivity contribution is 5.69. The molecule has 0 aromatic heterocycles. The summed E-state index contributed by atoms with van der Waals surface area (Å²) in [7, 11) is 1.37. The maximum Gasteiger partial charge on any atom is 0.305 e. The van der Waals surface area contributed by atoms with Crippen LogP contribution in [0.15, 0.2) is 0 Å². The van der Waals surface area contributed by atoms with Crippen molar-refractivity contribution in [2.45, 2.75) is 69.4 Å². The van der Waals surface area contributed by atoms with Gasteiger partial charge in [0.2, 0.25) is 0 Å². The average Bonchev–Trinajstić information content (AvgIpc) is 2.90. The molecule has 1 N–H and O–H groups in total. The van der Waals surface area contributed by atoms with Gasteiger partial charge in [-0.05, 0) is 32.6 Å². The number of hydrogen-bond donors (Lipinski definition) is 1. The first-order chi connectivity index (χ1) is 10.5. The molecule has 0 amide bonds. The third kappa shape index (κ3) is 3.78. The first-order valence-electron chi connectivity index (χ1n) is 7.93. The molecule has 5 atom stereocenters. The highest BCUT2D eigenvalue weighted by Gasteiger charge is 2.52. The van der Waals surface area contributed by atoms with E-state index >= 15 is 0 Å². The Balaban J connectivity index is 1.94. The molecule has 2 heterocycles. The summed E-state index contributed by atoms with van der Waals surface area (Å²) in [5.74, 6) is -0.312. The minimum absolute atomic E-state index is 0.0130. The van der Waals surface area contributed by atoms with E-state index in [4.69, 9.17) is 14.7 Å². The molecule has 0 saturated carbocycles. The predicted molar refractivity (Wildman–Crippen MR) is 77.8 cm³/mol. The van der Waals surface area contributed by atoms with Crippen LogP contribution in [0.25, 0.3) is 0 Å². The van der Waals surface area contributed by atoms with Gasteiger partial charge in [-0.3, -0.25) is 4.79 Å². The van der Waals surface area contributed by atoms with Gasteiger partial charge in [-0.15, -0.1) is 0 Å². The maximum absolute atomic E-state index is 11.2. The van der Waals surface area contributed by atoms with Crippen LogP contribution in [-0.4, -0.2) is 48.7 Å². The van der Waals surface area contributed by atoms with Crippen LogP contribution in [-0.2, 0) is 19.0 Å². The summed E-state index contributed by atoms with van der Waals surface area (Å²) < 4.78 is 16.8. The van der Waals surface area contributed by atoms with Crippen molar-refractivity contribution in [2.75, 3.05) is 13.7 Å². The van der Waals surface area contributed by atoms with Crippen molar-refractivity contribution in [3.05, 3.63) is 0 Å². The smallest absolute Gasteiger partial charge is 0.305 e. The summed E-state index contributed by atoms with van der Waals surface area (Å²) in [6, 6.07) is 2.23. The summed E-state index contributed by atoms with van der Waals surface area (Å²) in [6.07, 6.45) is 3.57. The van der Waals surface area contributed by atoms with Crippen molar-refractivity contribution in [1.82, 2.24) is 0 Å². The van der Waals surface area contributed by atoms with Crippen molar-refractivity contribution in [1.29, 1.82) is 5.26 Å². The van der Waals surface area contributed by atoms with Crippen molar-refractivity contribution in [2.24, 2.45) is 5.92 Å². The van der Waals surface area contributed by atoms with E-state index in [1.807, 2.05) is 6.92 Å². The van der Waals surface area contributed by atoms with Crippen molar-refractivity contribution >= 4 is 5.97 Å². The fourth-order valence-corrected chi connectivity index (χ4v) is 3.47. The molecule has 2 aliphatic heterocycles. The highest BCUT2D eigenvalue weighted by Crippen LogP contribution is 2.43. The van der Waals surface area contributed by atoms with Crippen LogP contribution in [0.3, 0.4) is 0 Å². The largest absolute Gasteiger partial charge is 0.469 e. The summed E-state index contributed by atoms with van der Waals surface area (Å²) in [4.78, 5) is 11.2. The van der Waals surface area contributed by atoms with Crippen LogP contribution in [0.1, 0.15) is 45.4 Å². The van der Waals surface area contributed by atoms with Gasteiger partial charge >= 0.3 is 5.97 Å². The van der Waals surface area contributed by atoms with Gasteiger partial charge in [0, 0.05) is 18.8 Å². The van der Waals surface area contributed by atoms with Gasteiger partial charge < -0.3 is 19.3 Å². The van der Waals surface area contributed by atoms with E-state index in [9.17, 15) is 9.90 Å². The number of ether oxygens (including phenoxy) is 3. The molecular weight excluding hydrogens is 286 g/mol. The van der Waals surface area contributed by atoms with Crippen molar-refractivity contribution in [3.8, 4) is 6.07 Å². The third-order valence-corrected chi connectivity index (χ3v) is 4.67. The minimum Gasteiger partial charge on any atom is -0.469 e. The monoisotopic (exact) mass is 311 g/mol. The van der Waals surface area contributed by atoms with Gasteiger partial charge in [-0.25, -0.2) is 0 Å². The van der Waals surface area contributed by atoms with E-state index < -0.39 is 5.60 Å². The molecule has 0 aromatic carbocycles. The zero-order valence-corrected chi connectivity index (χ0v) is 13.3. The molecule has 22 heavy (non-hydrogen) atoms. The summed E-state index contributed by atoms with van der Waals surface area (Å²) >= 11 is 0. The highest BCUT2D eigenvalue weighted by atomic mass is 16.6. The fourth-order valence-electron chi connectivity index (χ4n) is 3.47. The first-order valence-corrected chi connectivity index (χ1v) is 7.93. The number of nitrogens with zero attached hydrogens (tertiary/aromatic N) is 1. The molecule has 0 spiro atoms. The summed E-state index contributed by atoms with van der Waals surface area (Å²) in [5.41, 5.74) is -0.682. The second-order valence-corrected chi connectivity index (χ2v) is 6.37. The number of carbonyl (C=O) groups is 1. The molecule has 6 nitrogen and oxygen atoms in total. The number of methoxy groups -OCH3 is 1. The minimum atomic E-state index is -0.682. The second-order valence-electron chi connectivity index (χ2n) is 6.37. The molecule has 2 saturated heterocycles. The molecule has 3 unspecified atom stereocenters. The van der Waals surface area contributed by atoms with Crippen LogP contribution in [0.4, 0.5) is 0 Å². The fraction of sp³-hybridized carbons (Fsp3) is 0.875. The Labute approximate surface area is 131 Å². The van der Waals surface area contributed by atoms with E-state index in [0.717, 1.165) is 12.8 Å². The number of aliphatic hydroxyl groups is 1. The Morgan fingerprint density at radius 3 is 2.91 bits per heavy atom. The molecule has 2 fully saturated rings. The lowest BCUT2D eigenvalue weighted by atomic mass is 9.85. The number of rotatable bonds is 6. The lowest BCUT2D eigenvalue weighted by molar-refractivity contribution is -0.185. The van der Waals surface area contributed by atoms with Gasteiger partial charge in [-0.2, -0.15) is 5.26 Å². The number of aliphatic hydroxyl groups excluding tert-OH is 1. The number of hydrogen-bond acceptors (Lipinski definition) is 6. The quantitative estimate of drug-likeness (QED) is 0.749. The Morgan fingerprint density at radius 1 is 1.50 bits per heavy atom. The molecule has 0 aromatic rings. The van der Waals surface area contributed by atoms with Crippen LogP contribution in [0.2, 0.25) is 0 Å². The third-order valence-electron chi connectivity index (χ3n) is 4.67. The Kier molecular flexibility index (Phi) is 5.79. The van der Waals surface area contributed by atoms with E-state index in [1.54, 1.807) is 0 Å². The average molecular weight is 311 g/mol. The number of carbonyl (C=O) groups excluding carboxylic acids is 1. The lowest BCUT2D eigenvalue weighted by Crippen LogP contribution is -2.51. The molecule has 0 aliphatic carbocycles. The summed E-state index contributed by atoms with van der Waals surface area (Å²) in [6.45, 7) is 1.79. The summed E-state index contributed by atoms with van der Waals surface area (Å²) in [5, 5.41) is 18.8. The van der Waals surface area contributed by atoms with Gasteiger partial charge in [0.15, 0.2) is 0 Å². The number of fused-ring (bicyclic) bond motifs is 1.